The Bertz CT molecular complexity index is 588. The number of aromatic nitrogens is 4. The minimum atomic E-state index is 0.0560. The van der Waals surface area contributed by atoms with Gasteiger partial charge in [-0.25, -0.2) is 0 Å². The highest BCUT2D eigenvalue weighted by Gasteiger charge is 2.26. The summed E-state index contributed by atoms with van der Waals surface area (Å²) in [7, 11) is 0. The topological polar surface area (TPSA) is 66.9 Å². The number of hydrogen-bond acceptors (Lipinski definition) is 5. The molecule has 0 saturated heterocycles. The molecular weight excluding hydrogens is 254 g/mol. The lowest BCUT2D eigenvalue weighted by molar-refractivity contribution is 0.298. The second-order valence-corrected chi connectivity index (χ2v) is 6.00. The van der Waals surface area contributed by atoms with Gasteiger partial charge in [-0.1, -0.05) is 38.1 Å². The van der Waals surface area contributed by atoms with E-state index in [-0.39, 0.29) is 5.41 Å². The number of para-hydroxylation sites is 1. The van der Waals surface area contributed by atoms with Crippen molar-refractivity contribution in [3.05, 3.63) is 29.6 Å². The summed E-state index contributed by atoms with van der Waals surface area (Å²) in [5, 5.41) is 14.1. The Morgan fingerprint density at radius 2 is 2.20 bits per heavy atom. The molecule has 2 heterocycles. The Kier molecular flexibility index (Phi) is 3.08. The van der Waals surface area contributed by atoms with Gasteiger partial charge in [0.1, 0.15) is 12.4 Å². The molecule has 1 aliphatic heterocycles. The van der Waals surface area contributed by atoms with E-state index in [1.54, 1.807) is 0 Å². The molecule has 6 heteroatoms. The van der Waals surface area contributed by atoms with E-state index in [4.69, 9.17) is 4.74 Å². The fourth-order valence-corrected chi connectivity index (χ4v) is 2.48. The second-order valence-electron chi connectivity index (χ2n) is 6.00. The molecule has 0 fully saturated rings. The van der Waals surface area contributed by atoms with Gasteiger partial charge < -0.3 is 9.64 Å². The van der Waals surface area contributed by atoms with Crippen molar-refractivity contribution < 1.29 is 4.74 Å². The number of fused-ring (bicyclic) bond motifs is 1. The van der Waals surface area contributed by atoms with Crippen LogP contribution in [0.25, 0.3) is 0 Å². The SMILES string of the molecule is CC(C)(C)c1cccc2c1OCCN2Cc1nn[nH]n1. The lowest BCUT2D eigenvalue weighted by Crippen LogP contribution is -2.33. The van der Waals surface area contributed by atoms with Gasteiger partial charge in [0, 0.05) is 5.56 Å². The Morgan fingerprint density at radius 1 is 1.35 bits per heavy atom. The highest BCUT2D eigenvalue weighted by atomic mass is 16.5. The third-order valence-electron chi connectivity index (χ3n) is 3.47. The Morgan fingerprint density at radius 3 is 2.90 bits per heavy atom. The zero-order chi connectivity index (χ0) is 14.2. The minimum Gasteiger partial charge on any atom is -0.489 e. The maximum Gasteiger partial charge on any atom is 0.193 e. The van der Waals surface area contributed by atoms with Gasteiger partial charge >= 0.3 is 0 Å². The van der Waals surface area contributed by atoms with Crippen LogP contribution >= 0.6 is 0 Å². The Hall–Kier alpha value is -2.11. The summed E-state index contributed by atoms with van der Waals surface area (Å²) in [6, 6.07) is 6.30. The smallest absolute Gasteiger partial charge is 0.193 e. The van der Waals surface area contributed by atoms with E-state index in [1.807, 2.05) is 0 Å². The lowest BCUT2D eigenvalue weighted by Gasteiger charge is -2.34. The molecule has 20 heavy (non-hydrogen) atoms. The molecule has 6 nitrogen and oxygen atoms in total. The summed E-state index contributed by atoms with van der Waals surface area (Å²) in [6.45, 7) is 8.74. The van der Waals surface area contributed by atoms with Crippen molar-refractivity contribution in [2.45, 2.75) is 32.7 Å². The number of nitrogens with one attached hydrogen (secondary N) is 1. The first-order chi connectivity index (χ1) is 9.55. The predicted molar refractivity (Wildman–Crippen MR) is 75.9 cm³/mol. The van der Waals surface area contributed by atoms with Crippen molar-refractivity contribution in [1.29, 1.82) is 0 Å². The summed E-state index contributed by atoms with van der Waals surface area (Å²) in [4.78, 5) is 2.24. The van der Waals surface area contributed by atoms with E-state index in [0.717, 1.165) is 18.0 Å². The number of tetrazole rings is 1. The molecule has 0 bridgehead atoms. The molecule has 3 rings (SSSR count). The number of rotatable bonds is 2. The molecule has 1 aromatic carbocycles. The molecule has 0 unspecified atom stereocenters. The van der Waals surface area contributed by atoms with Gasteiger partial charge in [0.15, 0.2) is 5.82 Å². The molecule has 106 valence electrons. The molecule has 1 N–H and O–H groups in total. The first kappa shape index (κ1) is 12.9. The van der Waals surface area contributed by atoms with E-state index in [9.17, 15) is 0 Å². The quantitative estimate of drug-likeness (QED) is 0.905. The van der Waals surface area contributed by atoms with Crippen molar-refractivity contribution in [2.24, 2.45) is 0 Å². The Labute approximate surface area is 118 Å². The van der Waals surface area contributed by atoms with E-state index in [0.29, 0.717) is 19.0 Å². The normalized spacial score (nSPS) is 14.8. The van der Waals surface area contributed by atoms with Gasteiger partial charge in [0.25, 0.3) is 0 Å². The molecule has 2 aromatic rings. The summed E-state index contributed by atoms with van der Waals surface area (Å²) >= 11 is 0. The molecule has 1 aliphatic rings. The van der Waals surface area contributed by atoms with Crippen molar-refractivity contribution in [3.8, 4) is 5.75 Å². The predicted octanol–water partition coefficient (Wildman–Crippen LogP) is 1.90. The monoisotopic (exact) mass is 273 g/mol. The largest absolute Gasteiger partial charge is 0.489 e. The van der Waals surface area contributed by atoms with Gasteiger partial charge in [-0.05, 0) is 11.5 Å². The van der Waals surface area contributed by atoms with Crippen LogP contribution in [0.4, 0.5) is 5.69 Å². The van der Waals surface area contributed by atoms with Crippen LogP contribution in [0.1, 0.15) is 32.2 Å². The van der Waals surface area contributed by atoms with Crippen LogP contribution in [0.3, 0.4) is 0 Å². The van der Waals surface area contributed by atoms with Gasteiger partial charge in [-0.15, -0.1) is 10.2 Å². The summed E-state index contributed by atoms with van der Waals surface area (Å²) < 4.78 is 5.92. The van der Waals surface area contributed by atoms with Gasteiger partial charge in [0.2, 0.25) is 0 Å². The average Bonchev–Trinajstić information content (AvgIpc) is 2.90. The standard InChI is InChI=1S/C14H19N5O/c1-14(2,3)10-5-4-6-11-13(10)20-8-7-19(11)9-12-15-17-18-16-12/h4-6H,7-9H2,1-3H3,(H,15,16,17,18). The fraction of sp³-hybridized carbons (Fsp3) is 0.500. The molecule has 0 radical (unpaired) electrons. The summed E-state index contributed by atoms with van der Waals surface area (Å²) in [5.41, 5.74) is 2.39. The second kappa shape index (κ2) is 4.77. The van der Waals surface area contributed by atoms with Gasteiger partial charge in [-0.2, -0.15) is 5.21 Å². The van der Waals surface area contributed by atoms with Crippen LogP contribution in [-0.2, 0) is 12.0 Å². The van der Waals surface area contributed by atoms with E-state index >= 15 is 0 Å². The third kappa shape index (κ3) is 2.33. The summed E-state index contributed by atoms with van der Waals surface area (Å²) in [6.07, 6.45) is 0. The number of benzene rings is 1. The average molecular weight is 273 g/mol. The third-order valence-corrected chi connectivity index (χ3v) is 3.47. The minimum absolute atomic E-state index is 0.0560. The molecule has 0 saturated carbocycles. The van der Waals surface area contributed by atoms with Crippen LogP contribution in [0, 0.1) is 0 Å². The molecule has 0 spiro atoms. The lowest BCUT2D eigenvalue weighted by atomic mass is 9.85. The molecule has 1 aromatic heterocycles. The first-order valence-corrected chi connectivity index (χ1v) is 6.79. The van der Waals surface area contributed by atoms with Crippen molar-refractivity contribution in [3.63, 3.8) is 0 Å². The zero-order valence-electron chi connectivity index (χ0n) is 12.1. The maximum absolute atomic E-state index is 5.92. The molecule has 0 amide bonds. The van der Waals surface area contributed by atoms with E-state index in [1.165, 1.54) is 5.56 Å². The van der Waals surface area contributed by atoms with Crippen LogP contribution in [0.5, 0.6) is 5.75 Å². The zero-order valence-corrected chi connectivity index (χ0v) is 12.1. The number of anilines is 1. The highest BCUT2D eigenvalue weighted by molar-refractivity contribution is 5.64. The van der Waals surface area contributed by atoms with Gasteiger partial charge in [0.05, 0.1) is 18.8 Å². The van der Waals surface area contributed by atoms with Crippen LogP contribution in [0.2, 0.25) is 0 Å². The number of nitrogens with zero attached hydrogens (tertiary/aromatic N) is 4. The van der Waals surface area contributed by atoms with E-state index < -0.39 is 0 Å². The van der Waals surface area contributed by atoms with Crippen LogP contribution in [0.15, 0.2) is 18.2 Å². The number of aromatic amines is 1. The molecule has 0 aliphatic carbocycles. The summed E-state index contributed by atoms with van der Waals surface area (Å²) in [5.74, 6) is 1.67. The number of H-pyrrole nitrogens is 1. The highest BCUT2D eigenvalue weighted by Crippen LogP contribution is 2.40. The van der Waals surface area contributed by atoms with Crippen LogP contribution < -0.4 is 9.64 Å². The van der Waals surface area contributed by atoms with Gasteiger partial charge in [-0.3, -0.25) is 0 Å². The van der Waals surface area contributed by atoms with Crippen molar-refractivity contribution in [1.82, 2.24) is 20.6 Å². The molecular formula is C14H19N5O. The molecule has 0 atom stereocenters. The number of ether oxygens (including phenoxy) is 1. The van der Waals surface area contributed by atoms with Crippen molar-refractivity contribution in [2.75, 3.05) is 18.1 Å². The maximum atomic E-state index is 5.92. The van der Waals surface area contributed by atoms with Crippen LogP contribution in [-0.4, -0.2) is 33.8 Å². The number of hydrogen-bond donors (Lipinski definition) is 1. The van der Waals surface area contributed by atoms with E-state index in [2.05, 4.69) is 64.5 Å². The van der Waals surface area contributed by atoms with Crippen molar-refractivity contribution >= 4 is 5.69 Å². The fourth-order valence-electron chi connectivity index (χ4n) is 2.48. The Balaban J connectivity index is 1.97. The first-order valence-electron chi connectivity index (χ1n) is 6.79.